The van der Waals surface area contributed by atoms with Gasteiger partial charge in [0.1, 0.15) is 0 Å². The molecule has 1 rings (SSSR count). The first kappa shape index (κ1) is 16.6. The Hall–Kier alpha value is -0.480. The van der Waals surface area contributed by atoms with Gasteiger partial charge in [0.15, 0.2) is 0 Å². The molecule has 0 saturated heterocycles. The van der Waals surface area contributed by atoms with E-state index in [4.69, 9.17) is 6.42 Å². The zero-order valence-corrected chi connectivity index (χ0v) is 13.6. The molecule has 1 aliphatic carbocycles. The van der Waals surface area contributed by atoms with Gasteiger partial charge in [-0.25, -0.2) is 0 Å². The van der Waals surface area contributed by atoms with E-state index >= 15 is 0 Å². The number of hydrogen-bond donors (Lipinski definition) is 1. The quantitative estimate of drug-likeness (QED) is 0.728. The molecule has 0 aliphatic heterocycles. The minimum absolute atomic E-state index is 0.434. The van der Waals surface area contributed by atoms with Crippen LogP contribution >= 0.6 is 0 Å². The molecule has 3 atom stereocenters. The maximum atomic E-state index is 5.58. The summed E-state index contributed by atoms with van der Waals surface area (Å²) in [7, 11) is 0. The van der Waals surface area contributed by atoms with Gasteiger partial charge in [-0.3, -0.25) is 0 Å². The summed E-state index contributed by atoms with van der Waals surface area (Å²) < 4.78 is 0. The molecule has 110 valence electrons. The Bertz CT molecular complexity index is 292. The second-order valence-corrected chi connectivity index (χ2v) is 7.86. The number of rotatable bonds is 5. The van der Waals surface area contributed by atoms with Crippen LogP contribution in [0.1, 0.15) is 60.3 Å². The molecule has 0 aromatic carbocycles. The molecule has 0 aromatic rings. The lowest BCUT2D eigenvalue weighted by atomic mass is 9.65. The second kappa shape index (κ2) is 7.34. The van der Waals surface area contributed by atoms with Crippen LogP contribution in [0.25, 0.3) is 0 Å². The summed E-state index contributed by atoms with van der Waals surface area (Å²) in [5, 5.41) is 3.63. The number of hydrogen-bond acceptors (Lipinski definition) is 1. The van der Waals surface area contributed by atoms with Gasteiger partial charge in [0.2, 0.25) is 0 Å². The van der Waals surface area contributed by atoms with E-state index in [2.05, 4.69) is 45.9 Å². The highest BCUT2D eigenvalue weighted by Crippen LogP contribution is 2.43. The Morgan fingerprint density at radius 2 is 1.89 bits per heavy atom. The van der Waals surface area contributed by atoms with Crippen LogP contribution in [-0.4, -0.2) is 13.1 Å². The molecule has 0 spiro atoms. The van der Waals surface area contributed by atoms with Crippen molar-refractivity contribution in [1.82, 2.24) is 5.32 Å². The van der Waals surface area contributed by atoms with Crippen molar-refractivity contribution in [2.75, 3.05) is 13.1 Å². The van der Waals surface area contributed by atoms with Crippen LogP contribution in [0.2, 0.25) is 0 Å². The SMILES string of the molecule is C#CCC1CC(C(C)(C)C)CCC1CNCC(C)C. The van der Waals surface area contributed by atoms with Crippen molar-refractivity contribution in [3.8, 4) is 12.3 Å². The van der Waals surface area contributed by atoms with E-state index in [0.717, 1.165) is 43.2 Å². The van der Waals surface area contributed by atoms with Gasteiger partial charge in [-0.1, -0.05) is 34.6 Å². The van der Waals surface area contributed by atoms with E-state index in [1.54, 1.807) is 0 Å². The van der Waals surface area contributed by atoms with E-state index in [1.807, 2.05) is 0 Å². The van der Waals surface area contributed by atoms with Gasteiger partial charge in [0.25, 0.3) is 0 Å². The van der Waals surface area contributed by atoms with E-state index in [9.17, 15) is 0 Å². The standard InChI is InChI=1S/C18H33N/c1-7-8-15-11-17(18(4,5)6)10-9-16(15)13-19-12-14(2)3/h1,14-17,19H,8-13H2,2-6H3. The van der Waals surface area contributed by atoms with Gasteiger partial charge in [-0.2, -0.15) is 0 Å². The minimum Gasteiger partial charge on any atom is -0.316 e. The minimum atomic E-state index is 0.434. The molecule has 1 fully saturated rings. The van der Waals surface area contributed by atoms with Crippen molar-refractivity contribution in [2.24, 2.45) is 29.1 Å². The largest absolute Gasteiger partial charge is 0.316 e. The maximum Gasteiger partial charge on any atom is 0.0118 e. The lowest BCUT2D eigenvalue weighted by Crippen LogP contribution is -2.37. The molecule has 1 nitrogen and oxygen atoms in total. The van der Waals surface area contributed by atoms with Crippen molar-refractivity contribution in [3.63, 3.8) is 0 Å². The lowest BCUT2D eigenvalue weighted by Gasteiger charge is -2.41. The van der Waals surface area contributed by atoms with Gasteiger partial charge >= 0.3 is 0 Å². The highest BCUT2D eigenvalue weighted by atomic mass is 14.9. The van der Waals surface area contributed by atoms with Crippen LogP contribution in [-0.2, 0) is 0 Å². The van der Waals surface area contributed by atoms with E-state index in [-0.39, 0.29) is 0 Å². The van der Waals surface area contributed by atoms with Crippen LogP contribution in [0, 0.1) is 41.4 Å². The summed E-state index contributed by atoms with van der Waals surface area (Å²) in [6, 6.07) is 0. The molecule has 0 bridgehead atoms. The summed E-state index contributed by atoms with van der Waals surface area (Å²) in [5.41, 5.74) is 0.434. The van der Waals surface area contributed by atoms with Crippen LogP contribution in [0.4, 0.5) is 0 Å². The predicted molar refractivity (Wildman–Crippen MR) is 84.9 cm³/mol. The van der Waals surface area contributed by atoms with Crippen LogP contribution < -0.4 is 5.32 Å². The summed E-state index contributed by atoms with van der Waals surface area (Å²) in [5.74, 6) is 5.99. The first-order valence-electron chi connectivity index (χ1n) is 7.98. The van der Waals surface area contributed by atoms with Crippen LogP contribution in [0.15, 0.2) is 0 Å². The molecule has 0 aromatic heterocycles. The Kier molecular flexibility index (Phi) is 6.40. The van der Waals surface area contributed by atoms with E-state index < -0.39 is 0 Å². The predicted octanol–water partition coefficient (Wildman–Crippen LogP) is 4.33. The molecule has 1 heteroatoms. The number of nitrogens with one attached hydrogen (secondary N) is 1. The zero-order valence-electron chi connectivity index (χ0n) is 13.6. The Labute approximate surface area is 120 Å². The molecule has 0 heterocycles. The molecule has 1 saturated carbocycles. The highest BCUT2D eigenvalue weighted by Gasteiger charge is 2.35. The third-order valence-electron chi connectivity index (χ3n) is 4.70. The number of terminal acetylenes is 1. The molecule has 0 amide bonds. The summed E-state index contributed by atoms with van der Waals surface area (Å²) in [4.78, 5) is 0. The van der Waals surface area contributed by atoms with E-state index in [1.165, 1.54) is 19.3 Å². The Morgan fingerprint density at radius 1 is 1.21 bits per heavy atom. The van der Waals surface area contributed by atoms with Crippen molar-refractivity contribution in [2.45, 2.75) is 60.3 Å². The normalized spacial score (nSPS) is 28.4. The fourth-order valence-corrected chi connectivity index (χ4v) is 3.34. The van der Waals surface area contributed by atoms with Gasteiger partial charge in [0.05, 0.1) is 0 Å². The fraction of sp³-hybridized carbons (Fsp3) is 0.889. The average Bonchev–Trinajstić information content (AvgIpc) is 2.29. The van der Waals surface area contributed by atoms with Crippen molar-refractivity contribution < 1.29 is 0 Å². The lowest BCUT2D eigenvalue weighted by molar-refractivity contribution is 0.0991. The molecule has 1 N–H and O–H groups in total. The molecule has 19 heavy (non-hydrogen) atoms. The summed E-state index contributed by atoms with van der Waals surface area (Å²) >= 11 is 0. The Balaban J connectivity index is 2.51. The first-order valence-corrected chi connectivity index (χ1v) is 7.98. The van der Waals surface area contributed by atoms with Gasteiger partial charge in [-0.05, 0) is 61.4 Å². The molecule has 0 radical (unpaired) electrons. The first-order chi connectivity index (χ1) is 8.84. The maximum absolute atomic E-state index is 5.58. The molecule has 3 unspecified atom stereocenters. The third-order valence-corrected chi connectivity index (χ3v) is 4.70. The average molecular weight is 263 g/mol. The second-order valence-electron chi connectivity index (χ2n) is 7.86. The van der Waals surface area contributed by atoms with Crippen molar-refractivity contribution >= 4 is 0 Å². The zero-order chi connectivity index (χ0) is 14.5. The Morgan fingerprint density at radius 3 is 2.42 bits per heavy atom. The van der Waals surface area contributed by atoms with Crippen LogP contribution in [0.5, 0.6) is 0 Å². The monoisotopic (exact) mass is 263 g/mol. The fourth-order valence-electron chi connectivity index (χ4n) is 3.34. The van der Waals surface area contributed by atoms with Crippen molar-refractivity contribution in [3.05, 3.63) is 0 Å². The van der Waals surface area contributed by atoms with Crippen LogP contribution in [0.3, 0.4) is 0 Å². The van der Waals surface area contributed by atoms with Gasteiger partial charge < -0.3 is 5.32 Å². The topological polar surface area (TPSA) is 12.0 Å². The van der Waals surface area contributed by atoms with Gasteiger partial charge in [0, 0.05) is 6.42 Å². The molecular weight excluding hydrogens is 230 g/mol. The van der Waals surface area contributed by atoms with E-state index in [0.29, 0.717) is 5.41 Å². The third kappa shape index (κ3) is 5.57. The van der Waals surface area contributed by atoms with Gasteiger partial charge in [-0.15, -0.1) is 12.3 Å². The van der Waals surface area contributed by atoms with Crippen molar-refractivity contribution in [1.29, 1.82) is 0 Å². The molecular formula is C18H33N. The summed E-state index contributed by atoms with van der Waals surface area (Å²) in [6.07, 6.45) is 10.6. The smallest absolute Gasteiger partial charge is 0.0118 e. The summed E-state index contributed by atoms with van der Waals surface area (Å²) in [6.45, 7) is 13.9. The highest BCUT2D eigenvalue weighted by molar-refractivity contribution is 4.94. The molecule has 1 aliphatic rings.